The first-order valence-electron chi connectivity index (χ1n) is 21.0. The monoisotopic (exact) mass is 794 g/mol. The van der Waals surface area contributed by atoms with E-state index in [9.17, 15) is 0 Å². The molecule has 12 aromatic rings. The van der Waals surface area contributed by atoms with Gasteiger partial charge in [-0.2, -0.15) is 0 Å². The molecular formula is C58H38N2O2. The fraction of sp³-hybridized carbons (Fsp3) is 0. The van der Waals surface area contributed by atoms with Gasteiger partial charge in [-0.05, 0) is 107 Å². The summed E-state index contributed by atoms with van der Waals surface area (Å²) in [6.45, 7) is 0. The summed E-state index contributed by atoms with van der Waals surface area (Å²) in [4.78, 5) is 4.73. The van der Waals surface area contributed by atoms with Crippen molar-refractivity contribution in [2.75, 3.05) is 9.80 Å². The van der Waals surface area contributed by atoms with Crippen molar-refractivity contribution in [3.05, 3.63) is 231 Å². The molecule has 0 spiro atoms. The van der Waals surface area contributed by atoms with Crippen LogP contribution >= 0.6 is 0 Å². The van der Waals surface area contributed by atoms with Crippen LogP contribution in [0, 0.1) is 0 Å². The first-order chi connectivity index (χ1) is 30.7. The van der Waals surface area contributed by atoms with E-state index in [4.69, 9.17) is 8.83 Å². The number of hydrogen-bond acceptors (Lipinski definition) is 4. The summed E-state index contributed by atoms with van der Waals surface area (Å²) >= 11 is 0. The molecule has 4 nitrogen and oxygen atoms in total. The molecule has 12 rings (SSSR count). The van der Waals surface area contributed by atoms with Crippen LogP contribution in [0.4, 0.5) is 34.1 Å². The molecule has 10 aromatic carbocycles. The Kier molecular flexibility index (Phi) is 8.46. The van der Waals surface area contributed by atoms with Gasteiger partial charge in [0.05, 0.1) is 11.4 Å². The second-order valence-electron chi connectivity index (χ2n) is 15.7. The molecule has 62 heavy (non-hydrogen) atoms. The van der Waals surface area contributed by atoms with Gasteiger partial charge < -0.3 is 18.6 Å². The molecule has 0 N–H and O–H groups in total. The fourth-order valence-electron chi connectivity index (χ4n) is 9.11. The Morgan fingerprint density at radius 3 is 1.03 bits per heavy atom. The lowest BCUT2D eigenvalue weighted by Crippen LogP contribution is -2.12. The molecule has 2 heterocycles. The van der Waals surface area contributed by atoms with E-state index in [1.165, 1.54) is 0 Å². The van der Waals surface area contributed by atoms with E-state index in [1.807, 2.05) is 24.3 Å². The van der Waals surface area contributed by atoms with Gasteiger partial charge in [-0.15, -0.1) is 0 Å². The number of anilines is 6. The summed E-state index contributed by atoms with van der Waals surface area (Å²) in [6, 6.07) is 81.8. The number of rotatable bonds is 8. The lowest BCUT2D eigenvalue weighted by molar-refractivity contribution is 0.668. The summed E-state index contributed by atoms with van der Waals surface area (Å²) in [5.41, 5.74) is 14.2. The zero-order valence-electron chi connectivity index (χ0n) is 33.7. The second kappa shape index (κ2) is 14.7. The van der Waals surface area contributed by atoms with Gasteiger partial charge in [0.25, 0.3) is 0 Å². The molecule has 0 bridgehead atoms. The minimum absolute atomic E-state index is 0.851. The van der Waals surface area contributed by atoms with E-state index < -0.39 is 0 Å². The topological polar surface area (TPSA) is 32.8 Å². The quantitative estimate of drug-likeness (QED) is 0.153. The molecule has 0 atom stereocenters. The molecule has 0 saturated heterocycles. The Balaban J connectivity index is 1.12. The maximum absolute atomic E-state index is 6.48. The average molecular weight is 795 g/mol. The maximum Gasteiger partial charge on any atom is 0.137 e. The number of furan rings is 2. The van der Waals surface area contributed by atoms with Gasteiger partial charge in [0, 0.05) is 67.6 Å². The van der Waals surface area contributed by atoms with Crippen LogP contribution in [0.2, 0.25) is 0 Å². The molecular weight excluding hydrogens is 757 g/mol. The molecule has 0 saturated carbocycles. The van der Waals surface area contributed by atoms with Crippen LogP contribution in [0.1, 0.15) is 0 Å². The lowest BCUT2D eigenvalue weighted by atomic mass is 9.93. The molecule has 0 aliphatic heterocycles. The lowest BCUT2D eigenvalue weighted by Gasteiger charge is -2.30. The van der Waals surface area contributed by atoms with E-state index >= 15 is 0 Å². The highest BCUT2D eigenvalue weighted by Crippen LogP contribution is 2.48. The van der Waals surface area contributed by atoms with Crippen LogP contribution < -0.4 is 9.80 Å². The highest BCUT2D eigenvalue weighted by molar-refractivity contribution is 6.09. The number of nitrogens with zero attached hydrogens (tertiary/aromatic N) is 2. The second-order valence-corrected chi connectivity index (χ2v) is 15.7. The van der Waals surface area contributed by atoms with Gasteiger partial charge in [-0.1, -0.05) is 133 Å². The predicted molar refractivity (Wildman–Crippen MR) is 259 cm³/mol. The van der Waals surface area contributed by atoms with E-state index in [1.54, 1.807) is 0 Å². The molecule has 0 aliphatic rings. The van der Waals surface area contributed by atoms with Gasteiger partial charge >= 0.3 is 0 Å². The van der Waals surface area contributed by atoms with Gasteiger partial charge in [-0.3, -0.25) is 0 Å². The number of hydrogen-bond donors (Lipinski definition) is 0. The van der Waals surface area contributed by atoms with E-state index in [2.05, 4.69) is 216 Å². The number of fused-ring (bicyclic) bond motifs is 7. The Morgan fingerprint density at radius 1 is 0.258 bits per heavy atom. The normalized spacial score (nSPS) is 11.5. The van der Waals surface area contributed by atoms with Crippen molar-refractivity contribution in [3.8, 4) is 22.3 Å². The van der Waals surface area contributed by atoms with E-state index in [-0.39, 0.29) is 0 Å². The largest absolute Gasteiger partial charge is 0.456 e. The molecule has 0 amide bonds. The third-order valence-corrected chi connectivity index (χ3v) is 12.0. The van der Waals surface area contributed by atoms with Gasteiger partial charge in [0.2, 0.25) is 0 Å². The van der Waals surface area contributed by atoms with Crippen molar-refractivity contribution in [2.24, 2.45) is 0 Å². The molecule has 0 radical (unpaired) electrons. The molecule has 4 heteroatoms. The van der Waals surface area contributed by atoms with Gasteiger partial charge in [0.1, 0.15) is 22.3 Å². The number of benzene rings is 10. The van der Waals surface area contributed by atoms with Crippen LogP contribution in [-0.2, 0) is 0 Å². The van der Waals surface area contributed by atoms with Crippen LogP contribution in [0.25, 0.3) is 76.9 Å². The Labute approximate surface area is 358 Å². The first kappa shape index (κ1) is 35.6. The summed E-state index contributed by atoms with van der Waals surface area (Å²) in [6.07, 6.45) is 0. The summed E-state index contributed by atoms with van der Waals surface area (Å²) in [7, 11) is 0. The Bertz CT molecular complexity index is 3340. The van der Waals surface area contributed by atoms with Gasteiger partial charge in [0.15, 0.2) is 0 Å². The van der Waals surface area contributed by atoms with E-state index in [0.29, 0.717) is 0 Å². The SMILES string of the molecule is c1ccc(-c2cc3cc(N(c4ccccc4)c4ccc5c(c4)oc4ccccc45)c(-c4ccccc4)cc3cc2N(c2ccccc2)c2ccc3c(c2)oc2ccccc23)cc1. The Morgan fingerprint density at radius 2 is 0.613 bits per heavy atom. The van der Waals surface area contributed by atoms with Crippen molar-refractivity contribution in [3.63, 3.8) is 0 Å². The number of para-hydroxylation sites is 4. The molecule has 0 unspecified atom stereocenters. The van der Waals surface area contributed by atoms with Crippen molar-refractivity contribution < 1.29 is 8.83 Å². The summed E-state index contributed by atoms with van der Waals surface area (Å²) in [5, 5.41) is 6.66. The smallest absolute Gasteiger partial charge is 0.137 e. The van der Waals surface area contributed by atoms with Crippen LogP contribution in [0.3, 0.4) is 0 Å². The van der Waals surface area contributed by atoms with Crippen LogP contribution in [0.15, 0.2) is 239 Å². The zero-order chi connectivity index (χ0) is 41.0. The molecule has 0 fully saturated rings. The minimum Gasteiger partial charge on any atom is -0.456 e. The van der Waals surface area contributed by atoms with E-state index in [0.717, 1.165) is 111 Å². The van der Waals surface area contributed by atoms with Crippen LogP contribution in [0.5, 0.6) is 0 Å². The third kappa shape index (κ3) is 6.08. The highest BCUT2D eigenvalue weighted by atomic mass is 16.3. The van der Waals surface area contributed by atoms with Crippen molar-refractivity contribution in [2.45, 2.75) is 0 Å². The molecule has 292 valence electrons. The first-order valence-corrected chi connectivity index (χ1v) is 21.0. The molecule has 2 aromatic heterocycles. The summed E-state index contributed by atoms with van der Waals surface area (Å²) in [5.74, 6) is 0. The Hall–Kier alpha value is -8.34. The average Bonchev–Trinajstić information content (AvgIpc) is 3.90. The maximum atomic E-state index is 6.48. The van der Waals surface area contributed by atoms with Crippen molar-refractivity contribution >= 4 is 88.8 Å². The van der Waals surface area contributed by atoms with Crippen LogP contribution in [-0.4, -0.2) is 0 Å². The highest BCUT2D eigenvalue weighted by Gasteiger charge is 2.24. The molecule has 0 aliphatic carbocycles. The van der Waals surface area contributed by atoms with Gasteiger partial charge in [-0.25, -0.2) is 0 Å². The van der Waals surface area contributed by atoms with Crippen molar-refractivity contribution in [1.29, 1.82) is 0 Å². The summed E-state index contributed by atoms with van der Waals surface area (Å²) < 4.78 is 13.0. The standard InChI is InChI=1S/C58H38N2O2/c1-5-17-39(18-6-1)51-33-41-36-54(60(44-23-11-4-12-24-44)46-30-32-50-48-26-14-16-28-56(48)62-58(50)38-46)52(40-19-7-2-8-20-40)34-42(41)35-53(51)59(43-21-9-3-10-22-43)45-29-31-49-47-25-13-15-27-55(47)61-57(49)37-45/h1-38H. The minimum atomic E-state index is 0.851. The zero-order valence-corrected chi connectivity index (χ0v) is 33.7. The predicted octanol–water partition coefficient (Wildman–Crippen LogP) is 16.9. The third-order valence-electron chi connectivity index (χ3n) is 12.0. The fourth-order valence-corrected chi connectivity index (χ4v) is 9.11. The van der Waals surface area contributed by atoms with Crippen molar-refractivity contribution in [1.82, 2.24) is 0 Å².